The van der Waals surface area contributed by atoms with Crippen molar-refractivity contribution in [2.75, 3.05) is 12.3 Å². The minimum atomic E-state index is -3.13. The van der Waals surface area contributed by atoms with Crippen LogP contribution in [-0.2, 0) is 10.0 Å². The number of hydrogen-bond acceptors (Lipinski definition) is 3. The zero-order valence-corrected chi connectivity index (χ0v) is 10.1. The maximum absolute atomic E-state index is 11.7. The van der Waals surface area contributed by atoms with E-state index in [1.807, 2.05) is 13.8 Å². The first-order valence-electron chi connectivity index (χ1n) is 4.67. The molecule has 14 heavy (non-hydrogen) atoms. The average molecular weight is 236 g/mol. The molecule has 82 valence electrons. The summed E-state index contributed by atoms with van der Waals surface area (Å²) in [5.74, 6) is 0.384. The van der Waals surface area contributed by atoms with E-state index in [4.69, 9.17) is 18.0 Å². The molecule has 0 aromatic rings. The van der Waals surface area contributed by atoms with Gasteiger partial charge >= 0.3 is 0 Å². The van der Waals surface area contributed by atoms with Gasteiger partial charge < -0.3 is 5.73 Å². The zero-order valence-electron chi connectivity index (χ0n) is 8.43. The van der Waals surface area contributed by atoms with Crippen molar-refractivity contribution in [1.82, 2.24) is 4.31 Å². The lowest BCUT2D eigenvalue weighted by atomic mass is 10.2. The van der Waals surface area contributed by atoms with Crippen molar-refractivity contribution in [2.45, 2.75) is 26.3 Å². The van der Waals surface area contributed by atoms with E-state index in [2.05, 4.69) is 0 Å². The third kappa shape index (κ3) is 2.24. The van der Waals surface area contributed by atoms with Gasteiger partial charge in [-0.25, -0.2) is 8.42 Å². The molecule has 2 unspecified atom stereocenters. The third-order valence-corrected chi connectivity index (χ3v) is 4.79. The van der Waals surface area contributed by atoms with Gasteiger partial charge in [-0.1, -0.05) is 26.1 Å². The summed E-state index contributed by atoms with van der Waals surface area (Å²) in [7, 11) is -3.13. The van der Waals surface area contributed by atoms with E-state index in [0.29, 0.717) is 13.0 Å². The topological polar surface area (TPSA) is 63.4 Å². The van der Waals surface area contributed by atoms with Crippen molar-refractivity contribution >= 4 is 27.2 Å². The van der Waals surface area contributed by atoms with Gasteiger partial charge in [0.05, 0.1) is 16.8 Å². The van der Waals surface area contributed by atoms with Crippen LogP contribution in [0.2, 0.25) is 0 Å². The second-order valence-corrected chi connectivity index (χ2v) is 6.22. The van der Waals surface area contributed by atoms with Crippen molar-refractivity contribution < 1.29 is 8.42 Å². The Kier molecular flexibility index (Phi) is 3.49. The highest BCUT2D eigenvalue weighted by Gasteiger charge is 2.38. The van der Waals surface area contributed by atoms with E-state index < -0.39 is 10.0 Å². The summed E-state index contributed by atoms with van der Waals surface area (Å²) in [5, 5.41) is 0. The molecule has 0 bridgehead atoms. The Bertz CT molecular complexity index is 326. The molecule has 1 aliphatic rings. The first-order chi connectivity index (χ1) is 6.38. The summed E-state index contributed by atoms with van der Waals surface area (Å²) in [4.78, 5) is 0.269. The Morgan fingerprint density at radius 1 is 1.71 bits per heavy atom. The largest absolute Gasteiger partial charge is 0.392 e. The molecule has 1 aliphatic heterocycles. The maximum atomic E-state index is 11.7. The molecule has 6 heteroatoms. The van der Waals surface area contributed by atoms with E-state index in [1.54, 1.807) is 0 Å². The SMILES string of the molecule is CCC(C(N)=S)N1CC(C)CS1(=O)=O. The van der Waals surface area contributed by atoms with Crippen LogP contribution in [-0.4, -0.2) is 36.1 Å². The summed E-state index contributed by atoms with van der Waals surface area (Å²) in [5.41, 5.74) is 5.52. The van der Waals surface area contributed by atoms with Gasteiger partial charge in [0.25, 0.3) is 0 Å². The lowest BCUT2D eigenvalue weighted by Gasteiger charge is -2.24. The summed E-state index contributed by atoms with van der Waals surface area (Å²) in [6.07, 6.45) is 0.640. The van der Waals surface area contributed by atoms with Crippen LogP contribution in [0.3, 0.4) is 0 Å². The summed E-state index contributed by atoms with van der Waals surface area (Å²) >= 11 is 4.87. The highest BCUT2D eigenvalue weighted by Crippen LogP contribution is 2.23. The first kappa shape index (κ1) is 11.9. The predicted octanol–water partition coefficient (Wildman–Crippen LogP) is 0.333. The van der Waals surface area contributed by atoms with E-state index in [1.165, 1.54) is 4.31 Å². The lowest BCUT2D eigenvalue weighted by molar-refractivity contribution is 0.373. The van der Waals surface area contributed by atoms with E-state index in [-0.39, 0.29) is 22.7 Å². The molecule has 2 N–H and O–H groups in total. The van der Waals surface area contributed by atoms with Crippen molar-refractivity contribution in [1.29, 1.82) is 0 Å². The molecular weight excluding hydrogens is 220 g/mol. The van der Waals surface area contributed by atoms with Gasteiger partial charge in [-0.3, -0.25) is 0 Å². The van der Waals surface area contributed by atoms with Crippen molar-refractivity contribution in [3.63, 3.8) is 0 Å². The van der Waals surface area contributed by atoms with Gasteiger partial charge in [0, 0.05) is 6.54 Å². The highest BCUT2D eigenvalue weighted by molar-refractivity contribution is 7.89. The number of thiocarbonyl (C=S) groups is 1. The molecular formula is C8H16N2O2S2. The molecule has 0 amide bonds. The van der Waals surface area contributed by atoms with Crippen LogP contribution in [0.5, 0.6) is 0 Å². The van der Waals surface area contributed by atoms with Crippen LogP contribution >= 0.6 is 12.2 Å². The van der Waals surface area contributed by atoms with Crippen LogP contribution in [0.4, 0.5) is 0 Å². The molecule has 0 aromatic carbocycles. The smallest absolute Gasteiger partial charge is 0.215 e. The van der Waals surface area contributed by atoms with Gasteiger partial charge in [0.1, 0.15) is 0 Å². The summed E-state index contributed by atoms with van der Waals surface area (Å²) in [6.45, 7) is 4.35. The van der Waals surface area contributed by atoms with Gasteiger partial charge in [0.15, 0.2) is 0 Å². The van der Waals surface area contributed by atoms with Crippen molar-refractivity contribution in [3.8, 4) is 0 Å². The van der Waals surface area contributed by atoms with Gasteiger partial charge in [-0.05, 0) is 12.3 Å². The second kappa shape index (κ2) is 4.12. The Hall–Kier alpha value is -0.200. The Balaban J connectivity index is 2.92. The van der Waals surface area contributed by atoms with Crippen molar-refractivity contribution in [3.05, 3.63) is 0 Å². The minimum Gasteiger partial charge on any atom is -0.392 e. The molecule has 0 radical (unpaired) electrons. The fraction of sp³-hybridized carbons (Fsp3) is 0.875. The molecule has 1 heterocycles. The first-order valence-corrected chi connectivity index (χ1v) is 6.69. The number of nitrogens with two attached hydrogens (primary N) is 1. The van der Waals surface area contributed by atoms with Crippen LogP contribution in [0, 0.1) is 5.92 Å². The predicted molar refractivity (Wildman–Crippen MR) is 60.5 cm³/mol. The molecule has 0 saturated carbocycles. The minimum absolute atomic E-state index is 0.170. The molecule has 0 aliphatic carbocycles. The molecule has 0 spiro atoms. The average Bonchev–Trinajstić information content (AvgIpc) is 2.26. The van der Waals surface area contributed by atoms with Crippen molar-refractivity contribution in [2.24, 2.45) is 11.7 Å². The fourth-order valence-electron chi connectivity index (χ4n) is 1.80. The van der Waals surface area contributed by atoms with Crippen LogP contribution < -0.4 is 5.73 Å². The lowest BCUT2D eigenvalue weighted by Crippen LogP contribution is -2.44. The Morgan fingerprint density at radius 3 is 2.57 bits per heavy atom. The molecule has 4 nitrogen and oxygen atoms in total. The zero-order chi connectivity index (χ0) is 10.9. The molecule has 0 aromatic heterocycles. The number of sulfonamides is 1. The van der Waals surface area contributed by atoms with E-state index in [9.17, 15) is 8.42 Å². The molecule has 1 rings (SSSR count). The van der Waals surface area contributed by atoms with E-state index >= 15 is 0 Å². The summed E-state index contributed by atoms with van der Waals surface area (Å²) in [6, 6.07) is -0.306. The Morgan fingerprint density at radius 2 is 2.29 bits per heavy atom. The van der Waals surface area contributed by atoms with Crippen LogP contribution in [0.1, 0.15) is 20.3 Å². The molecule has 1 saturated heterocycles. The van der Waals surface area contributed by atoms with Gasteiger partial charge in [-0.15, -0.1) is 0 Å². The third-order valence-electron chi connectivity index (χ3n) is 2.41. The molecule has 2 atom stereocenters. The number of hydrogen-bond donors (Lipinski definition) is 1. The highest BCUT2D eigenvalue weighted by atomic mass is 32.2. The van der Waals surface area contributed by atoms with Crippen LogP contribution in [0.25, 0.3) is 0 Å². The Labute approximate surface area is 90.5 Å². The summed E-state index contributed by atoms with van der Waals surface area (Å²) < 4.78 is 24.8. The van der Waals surface area contributed by atoms with Gasteiger partial charge in [0.2, 0.25) is 10.0 Å². The monoisotopic (exact) mass is 236 g/mol. The number of rotatable bonds is 3. The van der Waals surface area contributed by atoms with E-state index in [0.717, 1.165) is 0 Å². The quantitative estimate of drug-likeness (QED) is 0.717. The molecule has 1 fully saturated rings. The standard InChI is InChI=1S/C8H16N2O2S2/c1-3-7(8(9)13)10-4-6(2)5-14(10,11)12/h6-7H,3-5H2,1-2H3,(H2,9,13). The maximum Gasteiger partial charge on any atom is 0.215 e. The van der Waals surface area contributed by atoms with Gasteiger partial charge in [-0.2, -0.15) is 4.31 Å². The number of nitrogens with zero attached hydrogens (tertiary/aromatic N) is 1. The fourth-order valence-corrected chi connectivity index (χ4v) is 4.31. The normalized spacial score (nSPS) is 28.9. The van der Waals surface area contributed by atoms with Crippen LogP contribution in [0.15, 0.2) is 0 Å². The second-order valence-electron chi connectivity index (χ2n) is 3.78.